The molecule has 2 aromatic rings. The van der Waals surface area contributed by atoms with E-state index in [2.05, 4.69) is 5.32 Å². The molecule has 21 heavy (non-hydrogen) atoms. The summed E-state index contributed by atoms with van der Waals surface area (Å²) in [6.07, 6.45) is 1.59. The second kappa shape index (κ2) is 6.41. The molecule has 3 N–H and O–H groups in total. The Kier molecular flexibility index (Phi) is 4.59. The molecule has 1 unspecified atom stereocenters. The highest BCUT2D eigenvalue weighted by molar-refractivity contribution is 5.97. The van der Waals surface area contributed by atoms with Gasteiger partial charge in [0.05, 0.1) is 30.2 Å². The number of furan rings is 1. The van der Waals surface area contributed by atoms with Crippen LogP contribution in [0.4, 0.5) is 15.8 Å². The lowest BCUT2D eigenvalue weighted by molar-refractivity contribution is -0.120. The lowest BCUT2D eigenvalue weighted by atomic mass is 10.2. The van der Waals surface area contributed by atoms with Crippen molar-refractivity contribution in [3.05, 3.63) is 48.2 Å². The van der Waals surface area contributed by atoms with E-state index in [1.807, 2.05) is 18.0 Å². The number of amides is 1. The number of nitrogens with zero attached hydrogens (tertiary/aromatic N) is 1. The Labute approximate surface area is 122 Å². The third-order valence-electron chi connectivity index (χ3n) is 3.30. The molecule has 0 saturated carbocycles. The molecule has 0 fully saturated rings. The van der Waals surface area contributed by atoms with Gasteiger partial charge in [-0.2, -0.15) is 0 Å². The molecule has 1 atom stereocenters. The summed E-state index contributed by atoms with van der Waals surface area (Å²) in [5.41, 5.74) is 6.27. The van der Waals surface area contributed by atoms with Crippen LogP contribution in [0.2, 0.25) is 0 Å². The van der Waals surface area contributed by atoms with Gasteiger partial charge in [-0.15, -0.1) is 0 Å². The highest BCUT2D eigenvalue weighted by Gasteiger charge is 2.19. The summed E-state index contributed by atoms with van der Waals surface area (Å²) in [7, 11) is 1.82. The predicted octanol–water partition coefficient (Wildman–Crippen LogP) is 2.46. The molecule has 0 bridgehead atoms. The first-order chi connectivity index (χ1) is 9.97. The van der Waals surface area contributed by atoms with Crippen LogP contribution in [0.25, 0.3) is 0 Å². The molecule has 5 nitrogen and oxygen atoms in total. The maximum atomic E-state index is 13.0. The molecular weight excluding hydrogens is 273 g/mol. The molecule has 1 aromatic carbocycles. The quantitative estimate of drug-likeness (QED) is 0.830. The smallest absolute Gasteiger partial charge is 0.241 e. The maximum absolute atomic E-state index is 13.0. The first kappa shape index (κ1) is 15.1. The zero-order valence-corrected chi connectivity index (χ0v) is 12.0. The summed E-state index contributed by atoms with van der Waals surface area (Å²) >= 11 is 0. The Balaban J connectivity index is 1.98. The summed E-state index contributed by atoms with van der Waals surface area (Å²) in [5, 5.41) is 2.69. The van der Waals surface area contributed by atoms with E-state index in [0.717, 1.165) is 5.76 Å². The van der Waals surface area contributed by atoms with Gasteiger partial charge in [0, 0.05) is 0 Å². The minimum absolute atomic E-state index is 0.198. The van der Waals surface area contributed by atoms with E-state index in [1.54, 1.807) is 19.3 Å². The van der Waals surface area contributed by atoms with Gasteiger partial charge in [-0.05, 0) is 44.3 Å². The monoisotopic (exact) mass is 291 g/mol. The average Bonchev–Trinajstić information content (AvgIpc) is 2.93. The van der Waals surface area contributed by atoms with Crippen LogP contribution in [0.5, 0.6) is 0 Å². The zero-order chi connectivity index (χ0) is 15.4. The van der Waals surface area contributed by atoms with Crippen LogP contribution in [0.15, 0.2) is 41.0 Å². The topological polar surface area (TPSA) is 71.5 Å². The van der Waals surface area contributed by atoms with Crippen LogP contribution in [0.3, 0.4) is 0 Å². The molecule has 1 aromatic heterocycles. The Hall–Kier alpha value is -2.34. The van der Waals surface area contributed by atoms with Crippen molar-refractivity contribution in [2.45, 2.75) is 19.5 Å². The second-order valence-electron chi connectivity index (χ2n) is 4.89. The summed E-state index contributed by atoms with van der Waals surface area (Å²) in [6, 6.07) is 7.13. The third kappa shape index (κ3) is 3.82. The SMILES string of the molecule is CC(C(=O)Nc1ccc(F)cc1N)N(C)Cc1ccco1. The number of rotatable bonds is 5. The average molecular weight is 291 g/mol. The number of benzene rings is 1. The van der Waals surface area contributed by atoms with E-state index >= 15 is 0 Å². The van der Waals surface area contributed by atoms with Gasteiger partial charge in [0.2, 0.25) is 5.91 Å². The van der Waals surface area contributed by atoms with Crippen molar-refractivity contribution in [3.8, 4) is 0 Å². The number of hydrogen-bond donors (Lipinski definition) is 2. The zero-order valence-electron chi connectivity index (χ0n) is 12.0. The van der Waals surface area contributed by atoms with Gasteiger partial charge in [-0.25, -0.2) is 4.39 Å². The van der Waals surface area contributed by atoms with Crippen LogP contribution in [0.1, 0.15) is 12.7 Å². The predicted molar refractivity (Wildman–Crippen MR) is 79.1 cm³/mol. The van der Waals surface area contributed by atoms with Crippen LogP contribution < -0.4 is 11.1 Å². The van der Waals surface area contributed by atoms with Crippen molar-refractivity contribution in [1.29, 1.82) is 0 Å². The van der Waals surface area contributed by atoms with Crippen LogP contribution in [-0.4, -0.2) is 23.9 Å². The number of carbonyl (C=O) groups is 1. The van der Waals surface area contributed by atoms with Gasteiger partial charge in [0.25, 0.3) is 0 Å². The Morgan fingerprint density at radius 2 is 2.24 bits per heavy atom. The molecule has 1 heterocycles. The lowest BCUT2D eigenvalue weighted by Crippen LogP contribution is -2.39. The van der Waals surface area contributed by atoms with E-state index in [1.165, 1.54) is 18.2 Å². The molecule has 6 heteroatoms. The van der Waals surface area contributed by atoms with Crippen molar-refractivity contribution in [2.24, 2.45) is 0 Å². The third-order valence-corrected chi connectivity index (χ3v) is 3.30. The Morgan fingerprint density at radius 3 is 2.86 bits per heavy atom. The molecule has 112 valence electrons. The van der Waals surface area contributed by atoms with Gasteiger partial charge in [0.1, 0.15) is 11.6 Å². The molecule has 0 aliphatic heterocycles. The standard InChI is InChI=1S/C15H18FN3O2/c1-10(19(2)9-12-4-3-7-21-12)15(20)18-14-6-5-11(16)8-13(14)17/h3-8,10H,9,17H2,1-2H3,(H,18,20). The van der Waals surface area contributed by atoms with E-state index in [4.69, 9.17) is 10.2 Å². The van der Waals surface area contributed by atoms with E-state index in [-0.39, 0.29) is 17.6 Å². The largest absolute Gasteiger partial charge is 0.468 e. The van der Waals surface area contributed by atoms with Crippen molar-refractivity contribution in [2.75, 3.05) is 18.1 Å². The van der Waals surface area contributed by atoms with Gasteiger partial charge < -0.3 is 15.5 Å². The van der Waals surface area contributed by atoms with Crippen molar-refractivity contribution < 1.29 is 13.6 Å². The van der Waals surface area contributed by atoms with E-state index < -0.39 is 5.82 Å². The molecule has 2 rings (SSSR count). The molecule has 1 amide bonds. The van der Waals surface area contributed by atoms with Gasteiger partial charge >= 0.3 is 0 Å². The fourth-order valence-electron chi connectivity index (χ4n) is 1.87. The fourth-order valence-corrected chi connectivity index (χ4v) is 1.87. The number of halogens is 1. The molecule has 0 aliphatic rings. The number of nitrogens with two attached hydrogens (primary N) is 1. The summed E-state index contributed by atoms with van der Waals surface area (Å²) in [4.78, 5) is 14.0. The van der Waals surface area contributed by atoms with Crippen LogP contribution >= 0.6 is 0 Å². The van der Waals surface area contributed by atoms with Crippen molar-refractivity contribution >= 4 is 17.3 Å². The molecule has 0 saturated heterocycles. The van der Waals surface area contributed by atoms with E-state index in [0.29, 0.717) is 12.2 Å². The number of nitrogens with one attached hydrogen (secondary N) is 1. The van der Waals surface area contributed by atoms with Crippen LogP contribution in [-0.2, 0) is 11.3 Å². The number of anilines is 2. The number of likely N-dealkylation sites (N-methyl/N-ethyl adjacent to an activating group) is 1. The molecular formula is C15H18FN3O2. The molecule has 0 aliphatic carbocycles. The summed E-state index contributed by atoms with van der Waals surface area (Å²) in [5.74, 6) is 0.120. The van der Waals surface area contributed by atoms with E-state index in [9.17, 15) is 9.18 Å². The Bertz CT molecular complexity index is 613. The normalized spacial score (nSPS) is 12.4. The fraction of sp³-hybridized carbons (Fsp3) is 0.267. The lowest BCUT2D eigenvalue weighted by Gasteiger charge is -2.23. The van der Waals surface area contributed by atoms with Crippen LogP contribution in [0, 0.1) is 5.82 Å². The van der Waals surface area contributed by atoms with Gasteiger partial charge in [-0.3, -0.25) is 9.69 Å². The summed E-state index contributed by atoms with van der Waals surface area (Å²) < 4.78 is 18.2. The minimum Gasteiger partial charge on any atom is -0.468 e. The number of carbonyl (C=O) groups excluding carboxylic acids is 1. The minimum atomic E-state index is -0.437. The first-order valence-electron chi connectivity index (χ1n) is 6.56. The van der Waals surface area contributed by atoms with Crippen molar-refractivity contribution in [1.82, 2.24) is 4.90 Å². The maximum Gasteiger partial charge on any atom is 0.241 e. The highest BCUT2D eigenvalue weighted by atomic mass is 19.1. The first-order valence-corrected chi connectivity index (χ1v) is 6.56. The number of hydrogen-bond acceptors (Lipinski definition) is 4. The highest BCUT2D eigenvalue weighted by Crippen LogP contribution is 2.19. The Morgan fingerprint density at radius 1 is 1.48 bits per heavy atom. The van der Waals surface area contributed by atoms with Gasteiger partial charge in [0.15, 0.2) is 0 Å². The summed E-state index contributed by atoms with van der Waals surface area (Å²) in [6.45, 7) is 2.29. The van der Waals surface area contributed by atoms with Gasteiger partial charge in [-0.1, -0.05) is 0 Å². The number of nitrogen functional groups attached to an aromatic ring is 1. The van der Waals surface area contributed by atoms with Crippen molar-refractivity contribution in [3.63, 3.8) is 0 Å². The molecule has 0 radical (unpaired) electrons. The molecule has 0 spiro atoms. The second-order valence-corrected chi connectivity index (χ2v) is 4.89.